The summed E-state index contributed by atoms with van der Waals surface area (Å²) in [6, 6.07) is 3.14. The van der Waals surface area contributed by atoms with Crippen LogP contribution in [0.3, 0.4) is 0 Å². The number of hydrogen-bond acceptors (Lipinski definition) is 5. The zero-order valence-corrected chi connectivity index (χ0v) is 14.7. The Kier molecular flexibility index (Phi) is 5.78. The monoisotopic (exact) mass is 368 g/mol. The quantitative estimate of drug-likeness (QED) is 0.834. The second-order valence-electron chi connectivity index (χ2n) is 6.12. The van der Waals surface area contributed by atoms with E-state index in [0.29, 0.717) is 28.8 Å². The second-order valence-corrected chi connectivity index (χ2v) is 6.53. The van der Waals surface area contributed by atoms with E-state index in [9.17, 15) is 9.59 Å². The number of hydrogen-bond donors (Lipinski definition) is 2. The highest BCUT2D eigenvalue weighted by Gasteiger charge is 2.22. The van der Waals surface area contributed by atoms with Gasteiger partial charge in [-0.15, -0.1) is 0 Å². The van der Waals surface area contributed by atoms with E-state index in [1.807, 2.05) is 0 Å². The van der Waals surface area contributed by atoms with Crippen LogP contribution >= 0.6 is 11.6 Å². The number of fused-ring (bicyclic) bond motifs is 1. The van der Waals surface area contributed by atoms with Gasteiger partial charge in [-0.05, 0) is 32.3 Å². The van der Waals surface area contributed by atoms with E-state index in [2.05, 4.69) is 10.6 Å². The van der Waals surface area contributed by atoms with Gasteiger partial charge in [0.25, 0.3) is 11.8 Å². The summed E-state index contributed by atoms with van der Waals surface area (Å²) in [5.41, 5.74) is 0.893. The van der Waals surface area contributed by atoms with Gasteiger partial charge >= 0.3 is 0 Å². The fraction of sp³-hybridized carbons (Fsp3) is 0.529. The molecule has 1 aromatic rings. The van der Waals surface area contributed by atoms with E-state index >= 15 is 0 Å². The van der Waals surface area contributed by atoms with Gasteiger partial charge in [0.2, 0.25) is 0 Å². The molecule has 0 unspecified atom stereocenters. The van der Waals surface area contributed by atoms with Crippen LogP contribution in [0.1, 0.15) is 26.2 Å². The highest BCUT2D eigenvalue weighted by Crippen LogP contribution is 2.36. The Bertz CT molecular complexity index is 661. The van der Waals surface area contributed by atoms with Crippen molar-refractivity contribution in [3.63, 3.8) is 0 Å². The molecule has 0 bridgehead atoms. The summed E-state index contributed by atoms with van der Waals surface area (Å²) < 4.78 is 16.5. The highest BCUT2D eigenvalue weighted by molar-refractivity contribution is 6.34. The molecule has 0 radical (unpaired) electrons. The number of halogens is 1. The van der Waals surface area contributed by atoms with Gasteiger partial charge in [0, 0.05) is 12.7 Å². The number of benzene rings is 1. The predicted molar refractivity (Wildman–Crippen MR) is 93.2 cm³/mol. The van der Waals surface area contributed by atoms with E-state index in [4.69, 9.17) is 25.8 Å². The molecule has 8 heteroatoms. The Morgan fingerprint density at radius 1 is 1.48 bits per heavy atom. The Morgan fingerprint density at radius 2 is 2.32 bits per heavy atom. The maximum absolute atomic E-state index is 12.3. The van der Waals surface area contributed by atoms with Gasteiger partial charge in [-0.2, -0.15) is 0 Å². The summed E-state index contributed by atoms with van der Waals surface area (Å²) in [4.78, 5) is 23.6. The second kappa shape index (κ2) is 8.03. The first kappa shape index (κ1) is 18.0. The average molecular weight is 369 g/mol. The molecule has 2 amide bonds. The van der Waals surface area contributed by atoms with E-state index < -0.39 is 6.10 Å². The molecule has 0 saturated carbocycles. The van der Waals surface area contributed by atoms with Crippen molar-refractivity contribution in [3.05, 3.63) is 17.2 Å². The molecular formula is C17H21ClN2O5. The molecule has 25 heavy (non-hydrogen) atoms. The molecule has 1 aromatic carbocycles. The van der Waals surface area contributed by atoms with E-state index in [1.54, 1.807) is 19.1 Å². The molecule has 1 fully saturated rings. The van der Waals surface area contributed by atoms with Gasteiger partial charge in [-0.3, -0.25) is 9.59 Å². The SMILES string of the molecule is C[C@H](OC[C@@H]1CCCCO1)C(=O)Nc1cc2c(cc1Cl)NC(=O)CO2. The minimum Gasteiger partial charge on any atom is -0.482 e. The third-order valence-electron chi connectivity index (χ3n) is 4.14. The molecule has 2 heterocycles. The van der Waals surface area contributed by atoms with Crippen LogP contribution in [0.25, 0.3) is 0 Å². The summed E-state index contributed by atoms with van der Waals surface area (Å²) in [6.45, 7) is 2.75. The van der Waals surface area contributed by atoms with Crippen LogP contribution in [0.2, 0.25) is 5.02 Å². The zero-order chi connectivity index (χ0) is 17.8. The molecule has 1 saturated heterocycles. The highest BCUT2D eigenvalue weighted by atomic mass is 35.5. The van der Waals surface area contributed by atoms with Gasteiger partial charge in [0.05, 0.1) is 29.1 Å². The Morgan fingerprint density at radius 3 is 3.08 bits per heavy atom. The van der Waals surface area contributed by atoms with Crippen molar-refractivity contribution in [2.45, 2.75) is 38.4 Å². The lowest BCUT2D eigenvalue weighted by molar-refractivity contribution is -0.130. The van der Waals surface area contributed by atoms with Crippen molar-refractivity contribution in [2.75, 3.05) is 30.5 Å². The number of ether oxygens (including phenoxy) is 3. The molecule has 3 rings (SSSR count). The lowest BCUT2D eigenvalue weighted by atomic mass is 10.1. The van der Waals surface area contributed by atoms with E-state index in [1.165, 1.54) is 0 Å². The van der Waals surface area contributed by atoms with Crippen molar-refractivity contribution >= 4 is 34.8 Å². The Balaban J connectivity index is 1.57. The first-order valence-corrected chi connectivity index (χ1v) is 8.71. The number of carbonyl (C=O) groups excluding carboxylic acids is 2. The topological polar surface area (TPSA) is 85.9 Å². The normalized spacial score (nSPS) is 20.9. The molecule has 2 atom stereocenters. The van der Waals surface area contributed by atoms with Gasteiger partial charge in [0.1, 0.15) is 11.9 Å². The number of nitrogens with one attached hydrogen (secondary N) is 2. The molecule has 0 aromatic heterocycles. The summed E-state index contributed by atoms with van der Waals surface area (Å²) in [7, 11) is 0. The zero-order valence-electron chi connectivity index (χ0n) is 14.0. The summed E-state index contributed by atoms with van der Waals surface area (Å²) in [6.07, 6.45) is 2.56. The Labute approximate surface area is 151 Å². The van der Waals surface area contributed by atoms with Gasteiger partial charge in [-0.1, -0.05) is 11.6 Å². The molecule has 2 aliphatic heterocycles. The molecule has 2 aliphatic rings. The van der Waals surface area contributed by atoms with Gasteiger partial charge < -0.3 is 24.8 Å². The molecule has 136 valence electrons. The smallest absolute Gasteiger partial charge is 0.262 e. The van der Waals surface area contributed by atoms with Gasteiger partial charge in [0.15, 0.2) is 6.61 Å². The predicted octanol–water partition coefficient (Wildman–Crippen LogP) is 2.58. The van der Waals surface area contributed by atoms with Crippen LogP contribution in [0, 0.1) is 0 Å². The van der Waals surface area contributed by atoms with Crippen LogP contribution in [-0.2, 0) is 19.1 Å². The first-order valence-electron chi connectivity index (χ1n) is 8.33. The number of rotatable bonds is 5. The largest absolute Gasteiger partial charge is 0.482 e. The fourth-order valence-electron chi connectivity index (χ4n) is 2.70. The molecule has 0 spiro atoms. The summed E-state index contributed by atoms with van der Waals surface area (Å²) in [5.74, 6) is -0.0895. The average Bonchev–Trinajstić information content (AvgIpc) is 2.61. The van der Waals surface area contributed by atoms with Crippen molar-refractivity contribution < 1.29 is 23.8 Å². The van der Waals surface area contributed by atoms with Crippen LogP contribution in [0.5, 0.6) is 5.75 Å². The van der Waals surface area contributed by atoms with E-state index in [0.717, 1.165) is 25.9 Å². The van der Waals surface area contributed by atoms with E-state index in [-0.39, 0.29) is 24.5 Å². The number of amides is 2. The van der Waals surface area contributed by atoms with Crippen LogP contribution in [0.4, 0.5) is 11.4 Å². The fourth-order valence-corrected chi connectivity index (χ4v) is 2.91. The minimum absolute atomic E-state index is 0.0494. The Hall–Kier alpha value is -1.83. The van der Waals surface area contributed by atoms with Crippen molar-refractivity contribution in [1.29, 1.82) is 0 Å². The van der Waals surface area contributed by atoms with Crippen LogP contribution < -0.4 is 15.4 Å². The third kappa shape index (κ3) is 4.62. The molecule has 0 aliphatic carbocycles. The number of carbonyl (C=O) groups is 2. The molecule has 2 N–H and O–H groups in total. The lowest BCUT2D eigenvalue weighted by Gasteiger charge is -2.24. The first-order chi connectivity index (χ1) is 12.0. The summed E-state index contributed by atoms with van der Waals surface area (Å²) >= 11 is 6.17. The van der Waals surface area contributed by atoms with Gasteiger partial charge in [-0.25, -0.2) is 0 Å². The summed E-state index contributed by atoms with van der Waals surface area (Å²) in [5, 5.41) is 5.70. The maximum Gasteiger partial charge on any atom is 0.262 e. The van der Waals surface area contributed by atoms with Crippen molar-refractivity contribution in [3.8, 4) is 5.75 Å². The van der Waals surface area contributed by atoms with Crippen LogP contribution in [-0.4, -0.2) is 43.8 Å². The van der Waals surface area contributed by atoms with Crippen LogP contribution in [0.15, 0.2) is 12.1 Å². The minimum atomic E-state index is -0.641. The molecular weight excluding hydrogens is 348 g/mol. The maximum atomic E-state index is 12.3. The number of anilines is 2. The molecule has 7 nitrogen and oxygen atoms in total. The standard InChI is InChI=1S/C17H21ClN2O5/c1-10(24-8-11-4-2-3-5-23-11)17(22)20-13-7-15-14(6-12(13)18)19-16(21)9-25-15/h6-7,10-11H,2-5,8-9H2,1H3,(H,19,21)(H,20,22)/t10-,11-/m0/s1. The third-order valence-corrected chi connectivity index (χ3v) is 4.45. The van der Waals surface area contributed by atoms with Crippen molar-refractivity contribution in [1.82, 2.24) is 0 Å². The van der Waals surface area contributed by atoms with Crippen molar-refractivity contribution in [2.24, 2.45) is 0 Å². The lowest BCUT2D eigenvalue weighted by Crippen LogP contribution is -2.32.